The SMILES string of the molecule is C[NH+](C)CCCOC(=O)c1ccccc1. The quantitative estimate of drug-likeness (QED) is 0.560. The third-order valence-corrected chi connectivity index (χ3v) is 2.06. The largest absolute Gasteiger partial charge is 0.462 e. The molecule has 0 saturated heterocycles. The van der Waals surface area contributed by atoms with Gasteiger partial charge in [0, 0.05) is 6.42 Å². The molecule has 15 heavy (non-hydrogen) atoms. The Morgan fingerprint density at radius 1 is 1.27 bits per heavy atom. The first-order chi connectivity index (χ1) is 7.20. The highest BCUT2D eigenvalue weighted by molar-refractivity contribution is 5.89. The lowest BCUT2D eigenvalue weighted by atomic mass is 10.2. The molecule has 1 aromatic carbocycles. The van der Waals surface area contributed by atoms with E-state index >= 15 is 0 Å². The molecule has 0 aliphatic heterocycles. The molecule has 1 rings (SSSR count). The summed E-state index contributed by atoms with van der Waals surface area (Å²) in [5.41, 5.74) is 0.620. The molecule has 0 bridgehead atoms. The summed E-state index contributed by atoms with van der Waals surface area (Å²) < 4.78 is 5.13. The van der Waals surface area contributed by atoms with E-state index < -0.39 is 0 Å². The van der Waals surface area contributed by atoms with E-state index in [0.717, 1.165) is 13.0 Å². The molecule has 0 radical (unpaired) electrons. The third-order valence-electron chi connectivity index (χ3n) is 2.06. The van der Waals surface area contributed by atoms with Crippen LogP contribution in [0.3, 0.4) is 0 Å². The lowest BCUT2D eigenvalue weighted by Gasteiger charge is -2.07. The van der Waals surface area contributed by atoms with Gasteiger partial charge in [0.25, 0.3) is 0 Å². The first-order valence-electron chi connectivity index (χ1n) is 5.21. The Bertz CT molecular complexity index is 296. The Kier molecular flexibility index (Phi) is 4.84. The standard InChI is InChI=1S/C12H17NO2/c1-13(2)9-6-10-15-12(14)11-7-4-3-5-8-11/h3-5,7-8H,6,9-10H2,1-2H3/p+1. The second-order valence-electron chi connectivity index (χ2n) is 3.81. The predicted octanol–water partition coefficient (Wildman–Crippen LogP) is 0.378. The molecule has 82 valence electrons. The van der Waals surface area contributed by atoms with Gasteiger partial charge in [-0.05, 0) is 12.1 Å². The van der Waals surface area contributed by atoms with Gasteiger partial charge in [-0.25, -0.2) is 4.79 Å². The van der Waals surface area contributed by atoms with Crippen LogP contribution in [-0.2, 0) is 4.74 Å². The van der Waals surface area contributed by atoms with Crippen LogP contribution in [0.25, 0.3) is 0 Å². The Balaban J connectivity index is 2.25. The lowest BCUT2D eigenvalue weighted by molar-refractivity contribution is -0.858. The van der Waals surface area contributed by atoms with Crippen molar-refractivity contribution < 1.29 is 14.4 Å². The Labute approximate surface area is 90.7 Å². The molecule has 0 saturated carbocycles. The van der Waals surface area contributed by atoms with E-state index in [2.05, 4.69) is 14.1 Å². The third kappa shape index (κ3) is 4.61. The van der Waals surface area contributed by atoms with Gasteiger partial charge in [-0.15, -0.1) is 0 Å². The minimum atomic E-state index is -0.232. The van der Waals surface area contributed by atoms with E-state index in [1.54, 1.807) is 12.1 Å². The minimum Gasteiger partial charge on any atom is -0.462 e. The van der Waals surface area contributed by atoms with Crippen LogP contribution in [0.5, 0.6) is 0 Å². The highest BCUT2D eigenvalue weighted by Gasteiger charge is 2.05. The van der Waals surface area contributed by atoms with E-state index in [-0.39, 0.29) is 5.97 Å². The van der Waals surface area contributed by atoms with Crippen LogP contribution < -0.4 is 4.90 Å². The fourth-order valence-electron chi connectivity index (χ4n) is 1.25. The summed E-state index contributed by atoms with van der Waals surface area (Å²) in [6.45, 7) is 1.51. The zero-order chi connectivity index (χ0) is 11.1. The van der Waals surface area contributed by atoms with Crippen LogP contribution >= 0.6 is 0 Å². The van der Waals surface area contributed by atoms with Crippen molar-refractivity contribution in [3.63, 3.8) is 0 Å². The van der Waals surface area contributed by atoms with E-state index in [0.29, 0.717) is 12.2 Å². The Morgan fingerprint density at radius 2 is 1.93 bits per heavy atom. The molecule has 1 N–H and O–H groups in total. The van der Waals surface area contributed by atoms with Crippen molar-refractivity contribution in [3.05, 3.63) is 35.9 Å². The summed E-state index contributed by atoms with van der Waals surface area (Å²) in [4.78, 5) is 12.8. The second kappa shape index (κ2) is 6.19. The number of hydrogen-bond acceptors (Lipinski definition) is 2. The average Bonchev–Trinajstić information content (AvgIpc) is 2.25. The molecule has 0 unspecified atom stereocenters. The molecule has 0 aromatic heterocycles. The summed E-state index contributed by atoms with van der Waals surface area (Å²) in [6.07, 6.45) is 0.904. The van der Waals surface area contributed by atoms with E-state index in [4.69, 9.17) is 4.74 Å². The van der Waals surface area contributed by atoms with Crippen molar-refractivity contribution in [2.24, 2.45) is 0 Å². The predicted molar refractivity (Wildman–Crippen MR) is 59.0 cm³/mol. The maximum Gasteiger partial charge on any atom is 0.338 e. The van der Waals surface area contributed by atoms with Crippen molar-refractivity contribution >= 4 is 5.97 Å². The van der Waals surface area contributed by atoms with Gasteiger partial charge in [-0.3, -0.25) is 0 Å². The number of carbonyl (C=O) groups excluding carboxylic acids is 1. The highest BCUT2D eigenvalue weighted by Crippen LogP contribution is 2.00. The first-order valence-corrected chi connectivity index (χ1v) is 5.21. The molecule has 3 nitrogen and oxygen atoms in total. The lowest BCUT2D eigenvalue weighted by Crippen LogP contribution is -3.05. The highest BCUT2D eigenvalue weighted by atomic mass is 16.5. The Morgan fingerprint density at radius 3 is 2.53 bits per heavy atom. The van der Waals surface area contributed by atoms with Crippen molar-refractivity contribution in [2.75, 3.05) is 27.2 Å². The van der Waals surface area contributed by atoms with Crippen molar-refractivity contribution in [3.8, 4) is 0 Å². The average molecular weight is 208 g/mol. The number of carbonyl (C=O) groups is 1. The molecule has 0 amide bonds. The zero-order valence-electron chi connectivity index (χ0n) is 9.32. The minimum absolute atomic E-state index is 0.232. The van der Waals surface area contributed by atoms with Crippen molar-refractivity contribution in [1.82, 2.24) is 0 Å². The van der Waals surface area contributed by atoms with Gasteiger partial charge in [-0.1, -0.05) is 18.2 Å². The molecule has 0 atom stereocenters. The number of ether oxygens (including phenoxy) is 1. The molecule has 0 fully saturated rings. The number of quaternary nitrogens is 1. The molecular weight excluding hydrogens is 190 g/mol. The van der Waals surface area contributed by atoms with Gasteiger partial charge in [0.05, 0.1) is 32.8 Å². The fraction of sp³-hybridized carbons (Fsp3) is 0.417. The summed E-state index contributed by atoms with van der Waals surface area (Å²) >= 11 is 0. The number of benzene rings is 1. The van der Waals surface area contributed by atoms with Crippen molar-refractivity contribution in [1.29, 1.82) is 0 Å². The van der Waals surface area contributed by atoms with Gasteiger partial charge in [0.1, 0.15) is 0 Å². The monoisotopic (exact) mass is 208 g/mol. The van der Waals surface area contributed by atoms with Crippen LogP contribution in [0.4, 0.5) is 0 Å². The van der Waals surface area contributed by atoms with Gasteiger partial charge in [-0.2, -0.15) is 0 Å². The molecule has 0 aliphatic rings. The first kappa shape index (κ1) is 11.7. The van der Waals surface area contributed by atoms with Crippen LogP contribution in [0, 0.1) is 0 Å². The second-order valence-corrected chi connectivity index (χ2v) is 3.81. The summed E-state index contributed by atoms with van der Waals surface area (Å²) in [5, 5.41) is 0. The number of esters is 1. The van der Waals surface area contributed by atoms with Gasteiger partial charge >= 0.3 is 5.97 Å². The molecular formula is C12H18NO2+. The van der Waals surface area contributed by atoms with Crippen LogP contribution in [-0.4, -0.2) is 33.2 Å². The smallest absolute Gasteiger partial charge is 0.338 e. The van der Waals surface area contributed by atoms with Crippen LogP contribution in [0.2, 0.25) is 0 Å². The van der Waals surface area contributed by atoms with Crippen LogP contribution in [0.15, 0.2) is 30.3 Å². The summed E-state index contributed by atoms with van der Waals surface area (Å²) in [7, 11) is 4.16. The summed E-state index contributed by atoms with van der Waals surface area (Å²) in [5.74, 6) is -0.232. The maximum absolute atomic E-state index is 11.5. The van der Waals surface area contributed by atoms with E-state index in [1.165, 1.54) is 4.90 Å². The topological polar surface area (TPSA) is 30.7 Å². The molecule has 0 heterocycles. The van der Waals surface area contributed by atoms with E-state index in [9.17, 15) is 4.79 Å². The van der Waals surface area contributed by atoms with E-state index in [1.807, 2.05) is 18.2 Å². The molecule has 0 aliphatic carbocycles. The molecule has 3 heteroatoms. The number of rotatable bonds is 5. The molecule has 0 spiro atoms. The normalized spacial score (nSPS) is 10.3. The van der Waals surface area contributed by atoms with Crippen molar-refractivity contribution in [2.45, 2.75) is 6.42 Å². The number of nitrogens with one attached hydrogen (secondary N) is 1. The van der Waals surface area contributed by atoms with Crippen LogP contribution in [0.1, 0.15) is 16.8 Å². The Hall–Kier alpha value is -1.35. The van der Waals surface area contributed by atoms with Gasteiger partial charge in [0.2, 0.25) is 0 Å². The number of hydrogen-bond donors (Lipinski definition) is 1. The maximum atomic E-state index is 11.5. The van der Waals surface area contributed by atoms with Gasteiger partial charge in [0.15, 0.2) is 0 Å². The van der Waals surface area contributed by atoms with Gasteiger partial charge < -0.3 is 9.64 Å². The summed E-state index contributed by atoms with van der Waals surface area (Å²) in [6, 6.07) is 9.08. The zero-order valence-corrected chi connectivity index (χ0v) is 9.32. The fourth-order valence-corrected chi connectivity index (χ4v) is 1.25. The molecule has 1 aromatic rings.